The molecule has 6 heterocycles. The molecule has 0 aliphatic carbocycles. The SMILES string of the molecule is C=C(CC[C@@H](O[Si](C)(C)C(C)(C)C)[C@H]1C[C@H]2OC(C)(C)O[C@H]2[C@H]([C@H]2OC(C)(C)O[C@@H]2[C@H](OC(C)=O)C(=C)C)O1)[C@@H](O[Si](C)(C)C(C)(C)C)[C@@H](OCOCC[Si](C)(C)C)[C@H]1C[C@H]2OC(C)(C)O[C@H]2[C@H]([C@H]2OC(C)(C)O[C@@H]2COCc2ccccc2)O1. The molecule has 0 aromatic heterocycles. The van der Waals surface area contributed by atoms with Crippen molar-refractivity contribution in [3.05, 3.63) is 60.2 Å². The minimum atomic E-state index is -2.64. The molecule has 6 saturated heterocycles. The predicted octanol–water partition coefficient (Wildman–Crippen LogP) is 12.9. The standard InChI is InChI=1S/C65H112O17Si3/c1-40(2)50(70-42(4)66)58-59(80-65(17,18)79-58)57-54-47(73-62(11,12)77-54)35-45(71-57)44(81-84(22,23)60(5,6)7)32-31-41(3)51(82-85(24,25)61(8,9)10)52(69-39-67-33-34-83(19,20)21)46-36-48-53(76-63(13,14)74-48)56(72-46)55-49(75-64(15,16)78-55)38-68-37-43-29-27-26-28-30-43/h26-30,44-59H,1,3,31-39H2,2,4-25H3/t44-,45-,46-,47-,48-,49-,50-,51-,52+,53-,54-,55+,56-,57-,58-,59-/m1/s1. The Hall–Kier alpha value is -1.78. The second-order valence-corrected chi connectivity index (χ2v) is 46.1. The van der Waals surface area contributed by atoms with Gasteiger partial charge in [0, 0.05) is 34.4 Å². The molecule has 17 nitrogen and oxygen atoms in total. The van der Waals surface area contributed by atoms with Gasteiger partial charge in [0.05, 0.1) is 49.8 Å². The van der Waals surface area contributed by atoms with Crippen LogP contribution in [0.2, 0.25) is 61.9 Å². The minimum absolute atomic E-state index is 0.0110. The Morgan fingerprint density at radius 3 is 1.69 bits per heavy atom. The van der Waals surface area contributed by atoms with Crippen molar-refractivity contribution < 1.29 is 80.0 Å². The maximum absolute atomic E-state index is 12.7. The van der Waals surface area contributed by atoms with Crippen LogP contribution in [0.15, 0.2) is 54.6 Å². The lowest BCUT2D eigenvalue weighted by molar-refractivity contribution is -0.237. The van der Waals surface area contributed by atoms with Gasteiger partial charge in [0.25, 0.3) is 0 Å². The lowest BCUT2D eigenvalue weighted by atomic mass is 9.86. The van der Waals surface area contributed by atoms with E-state index in [-0.39, 0.29) is 23.5 Å². The molecule has 0 saturated carbocycles. The molecule has 0 amide bonds. The van der Waals surface area contributed by atoms with Gasteiger partial charge in [-0.2, -0.15) is 0 Å². The Kier molecular flexibility index (Phi) is 22.3. The first-order chi connectivity index (χ1) is 39.0. The molecule has 16 atom stereocenters. The summed E-state index contributed by atoms with van der Waals surface area (Å²) < 4.78 is 110. The largest absolute Gasteiger partial charge is 0.455 e. The molecule has 0 unspecified atom stereocenters. The van der Waals surface area contributed by atoms with Gasteiger partial charge in [-0.05, 0) is 134 Å². The third-order valence-electron chi connectivity index (χ3n) is 18.2. The van der Waals surface area contributed by atoms with E-state index in [0.717, 1.165) is 17.2 Å². The highest BCUT2D eigenvalue weighted by atomic mass is 28.4. The van der Waals surface area contributed by atoms with Crippen LogP contribution in [0.1, 0.15) is 142 Å². The summed E-state index contributed by atoms with van der Waals surface area (Å²) in [6.45, 7) is 58.5. The number of rotatable bonds is 26. The molecule has 6 fully saturated rings. The molecule has 0 spiro atoms. The summed E-state index contributed by atoms with van der Waals surface area (Å²) >= 11 is 0. The van der Waals surface area contributed by atoms with E-state index in [1.807, 2.05) is 92.6 Å². The van der Waals surface area contributed by atoms with Gasteiger partial charge in [0.15, 0.2) is 45.9 Å². The molecule has 0 N–H and O–H groups in total. The molecule has 6 aliphatic rings. The number of esters is 1. The smallest absolute Gasteiger partial charge is 0.303 e. The van der Waals surface area contributed by atoms with Crippen molar-refractivity contribution in [3.8, 4) is 0 Å². The Bertz CT molecular complexity index is 2390. The van der Waals surface area contributed by atoms with Crippen LogP contribution in [0.25, 0.3) is 0 Å². The lowest BCUT2D eigenvalue weighted by Gasteiger charge is -2.47. The van der Waals surface area contributed by atoms with Crippen LogP contribution in [0.5, 0.6) is 0 Å². The van der Waals surface area contributed by atoms with E-state index in [0.29, 0.717) is 44.5 Å². The van der Waals surface area contributed by atoms with Crippen molar-refractivity contribution in [1.82, 2.24) is 0 Å². The fourth-order valence-electron chi connectivity index (χ4n) is 12.0. The average molecular weight is 1250 g/mol. The first kappa shape index (κ1) is 70.7. The molecule has 20 heteroatoms. The second-order valence-electron chi connectivity index (χ2n) is 31.0. The summed E-state index contributed by atoms with van der Waals surface area (Å²) in [5, 5.41) is -0.356. The molecule has 7 rings (SSSR count). The number of fused-ring (bicyclic) bond motifs is 2. The maximum atomic E-state index is 12.7. The number of carbonyl (C=O) groups is 1. The predicted molar refractivity (Wildman–Crippen MR) is 335 cm³/mol. The normalized spacial score (nSPS) is 32.5. The molecular formula is C65H112O17Si3. The summed E-state index contributed by atoms with van der Waals surface area (Å²) in [5.41, 5.74) is 2.50. The highest BCUT2D eigenvalue weighted by molar-refractivity contribution is 6.76. The third kappa shape index (κ3) is 18.3. The molecule has 0 radical (unpaired) electrons. The average Bonchev–Trinajstić information content (AvgIpc) is 1.83. The Morgan fingerprint density at radius 1 is 0.635 bits per heavy atom. The summed E-state index contributed by atoms with van der Waals surface area (Å²) in [6.07, 6.45) is -7.73. The van der Waals surface area contributed by atoms with Crippen molar-refractivity contribution in [2.45, 2.75) is 326 Å². The molecule has 85 heavy (non-hydrogen) atoms. The summed E-state index contributed by atoms with van der Waals surface area (Å²) in [7, 11) is -6.63. The fourth-order valence-corrected chi connectivity index (χ4v) is 15.4. The van der Waals surface area contributed by atoms with Gasteiger partial charge in [0.1, 0.15) is 61.7 Å². The van der Waals surface area contributed by atoms with Crippen LogP contribution in [-0.4, -0.2) is 171 Å². The minimum Gasteiger partial charge on any atom is -0.455 e. The summed E-state index contributed by atoms with van der Waals surface area (Å²) in [4.78, 5) is 12.7. The van der Waals surface area contributed by atoms with Crippen molar-refractivity contribution in [2.75, 3.05) is 20.0 Å². The van der Waals surface area contributed by atoms with Gasteiger partial charge in [-0.15, -0.1) is 0 Å². The number of carbonyl (C=O) groups excluding carboxylic acids is 1. The fraction of sp³-hybridized carbons (Fsp3) is 0.831. The Labute approximate surface area is 514 Å². The van der Waals surface area contributed by atoms with E-state index in [9.17, 15) is 4.79 Å². The zero-order valence-corrected chi connectivity index (χ0v) is 59.3. The van der Waals surface area contributed by atoms with Crippen LogP contribution in [-0.2, 0) is 86.6 Å². The number of hydrogen-bond donors (Lipinski definition) is 0. The number of ether oxygens (including phenoxy) is 14. The molecule has 1 aromatic carbocycles. The molecule has 6 aliphatic heterocycles. The first-order valence-electron chi connectivity index (χ1n) is 31.4. The Morgan fingerprint density at radius 2 is 1.14 bits per heavy atom. The zero-order chi connectivity index (χ0) is 63.3. The van der Waals surface area contributed by atoms with Crippen molar-refractivity contribution >= 4 is 30.7 Å². The van der Waals surface area contributed by atoms with Gasteiger partial charge >= 0.3 is 5.97 Å². The van der Waals surface area contributed by atoms with Gasteiger partial charge in [0.2, 0.25) is 0 Å². The van der Waals surface area contributed by atoms with Crippen molar-refractivity contribution in [3.63, 3.8) is 0 Å². The molecule has 486 valence electrons. The van der Waals surface area contributed by atoms with E-state index in [1.54, 1.807) is 0 Å². The monoisotopic (exact) mass is 1250 g/mol. The van der Waals surface area contributed by atoms with Crippen LogP contribution in [0, 0.1) is 0 Å². The Balaban J connectivity index is 1.26. The molecular weight excluding hydrogens is 1140 g/mol. The highest BCUT2D eigenvalue weighted by Crippen LogP contribution is 2.49. The van der Waals surface area contributed by atoms with Crippen LogP contribution in [0.4, 0.5) is 0 Å². The summed E-state index contributed by atoms with van der Waals surface area (Å²) in [5.74, 6) is -4.30. The number of benzene rings is 1. The lowest BCUT2D eigenvalue weighted by Crippen LogP contribution is -2.60. The maximum Gasteiger partial charge on any atom is 0.303 e. The second kappa shape index (κ2) is 26.8. The highest BCUT2D eigenvalue weighted by Gasteiger charge is 2.62. The van der Waals surface area contributed by atoms with E-state index in [1.165, 1.54) is 6.92 Å². The van der Waals surface area contributed by atoms with E-state index >= 15 is 0 Å². The zero-order valence-electron chi connectivity index (χ0n) is 56.3. The van der Waals surface area contributed by atoms with E-state index in [4.69, 9.17) is 81.7 Å². The van der Waals surface area contributed by atoms with E-state index < -0.39 is 151 Å². The topological polar surface area (TPSA) is 165 Å². The third-order valence-corrected chi connectivity index (χ3v) is 28.9. The van der Waals surface area contributed by atoms with Crippen LogP contribution >= 0.6 is 0 Å². The van der Waals surface area contributed by atoms with Gasteiger partial charge in [-0.3, -0.25) is 4.79 Å². The van der Waals surface area contributed by atoms with Gasteiger partial charge < -0.3 is 75.2 Å². The van der Waals surface area contributed by atoms with Crippen LogP contribution in [0.3, 0.4) is 0 Å². The quantitative estimate of drug-likeness (QED) is 0.0282. The van der Waals surface area contributed by atoms with Crippen LogP contribution < -0.4 is 0 Å². The molecule has 0 bridgehead atoms. The van der Waals surface area contributed by atoms with Crippen molar-refractivity contribution in [1.29, 1.82) is 0 Å². The summed E-state index contributed by atoms with van der Waals surface area (Å²) in [6, 6.07) is 11.1. The van der Waals surface area contributed by atoms with Gasteiger partial charge in [-0.25, -0.2) is 0 Å². The van der Waals surface area contributed by atoms with Crippen molar-refractivity contribution in [2.24, 2.45) is 0 Å². The van der Waals surface area contributed by atoms with Gasteiger partial charge in [-0.1, -0.05) is 105 Å². The van der Waals surface area contributed by atoms with E-state index in [2.05, 4.69) is 94.0 Å². The first-order valence-corrected chi connectivity index (χ1v) is 40.9. The number of hydrogen-bond acceptors (Lipinski definition) is 17. The molecule has 1 aromatic rings.